The van der Waals surface area contributed by atoms with Gasteiger partial charge in [-0.15, -0.1) is 0 Å². The number of aromatic nitrogens is 3. The zero-order valence-electron chi connectivity index (χ0n) is 15.4. The fourth-order valence-corrected chi connectivity index (χ4v) is 2.84. The standard InChI is InChI=1S/C19H22N4O3/c1-11-5-6-15-14(9-11)18(12(2)13(3)21-15)19(24)20-8-7-17-22-16(10-25-4)23-26-17/h5-6,9H,7-8,10H2,1-4H3,(H,20,24). The zero-order chi connectivity index (χ0) is 18.7. The number of benzene rings is 1. The number of ether oxygens (including phenoxy) is 1. The number of hydrogen-bond donors (Lipinski definition) is 1. The molecule has 0 unspecified atom stereocenters. The number of amides is 1. The van der Waals surface area contributed by atoms with Crippen molar-refractivity contribution in [2.75, 3.05) is 13.7 Å². The SMILES string of the molecule is COCc1noc(CCNC(=O)c2c(C)c(C)nc3ccc(C)cc23)n1. The number of pyridine rings is 1. The lowest BCUT2D eigenvalue weighted by molar-refractivity contribution is 0.0954. The van der Waals surface area contributed by atoms with Gasteiger partial charge in [-0.2, -0.15) is 4.98 Å². The van der Waals surface area contributed by atoms with Crippen molar-refractivity contribution >= 4 is 16.8 Å². The van der Waals surface area contributed by atoms with Crippen molar-refractivity contribution in [2.24, 2.45) is 0 Å². The molecular weight excluding hydrogens is 332 g/mol. The van der Waals surface area contributed by atoms with Crippen molar-refractivity contribution in [3.8, 4) is 0 Å². The molecule has 0 saturated heterocycles. The molecular formula is C19H22N4O3. The van der Waals surface area contributed by atoms with E-state index in [1.165, 1.54) is 0 Å². The molecule has 2 aromatic heterocycles. The van der Waals surface area contributed by atoms with E-state index in [0.717, 1.165) is 27.7 Å². The molecule has 0 spiro atoms. The van der Waals surface area contributed by atoms with E-state index < -0.39 is 0 Å². The highest BCUT2D eigenvalue weighted by atomic mass is 16.5. The third-order valence-corrected chi connectivity index (χ3v) is 4.26. The molecule has 0 fully saturated rings. The van der Waals surface area contributed by atoms with Gasteiger partial charge < -0.3 is 14.6 Å². The minimum atomic E-state index is -0.125. The lowest BCUT2D eigenvalue weighted by Gasteiger charge is -2.13. The van der Waals surface area contributed by atoms with Crippen LogP contribution in [0, 0.1) is 20.8 Å². The van der Waals surface area contributed by atoms with Crippen molar-refractivity contribution in [1.29, 1.82) is 0 Å². The molecule has 7 nitrogen and oxygen atoms in total. The van der Waals surface area contributed by atoms with Crippen LogP contribution in [0.1, 0.15) is 38.9 Å². The maximum absolute atomic E-state index is 12.8. The molecule has 0 aliphatic carbocycles. The molecule has 0 saturated carbocycles. The Morgan fingerprint density at radius 3 is 2.81 bits per heavy atom. The van der Waals surface area contributed by atoms with Crippen LogP contribution in [-0.2, 0) is 17.8 Å². The molecule has 7 heteroatoms. The maximum Gasteiger partial charge on any atom is 0.252 e. The molecule has 1 aromatic carbocycles. The number of carbonyl (C=O) groups is 1. The summed E-state index contributed by atoms with van der Waals surface area (Å²) >= 11 is 0. The first-order valence-electron chi connectivity index (χ1n) is 8.45. The summed E-state index contributed by atoms with van der Waals surface area (Å²) in [6.07, 6.45) is 0.461. The fraction of sp³-hybridized carbons (Fsp3) is 0.368. The van der Waals surface area contributed by atoms with Crippen LogP contribution in [-0.4, -0.2) is 34.7 Å². The number of rotatable bonds is 6. The number of carbonyl (C=O) groups excluding carboxylic acids is 1. The molecule has 0 bridgehead atoms. The Kier molecular flexibility index (Phi) is 5.27. The monoisotopic (exact) mass is 354 g/mol. The van der Waals surface area contributed by atoms with Gasteiger partial charge in [0.15, 0.2) is 5.82 Å². The first-order chi connectivity index (χ1) is 12.5. The molecule has 0 aliphatic rings. The minimum absolute atomic E-state index is 0.125. The van der Waals surface area contributed by atoms with Crippen molar-refractivity contribution < 1.29 is 14.1 Å². The highest BCUT2D eigenvalue weighted by molar-refractivity contribution is 6.07. The van der Waals surface area contributed by atoms with Crippen LogP contribution < -0.4 is 5.32 Å². The number of methoxy groups -OCH3 is 1. The summed E-state index contributed by atoms with van der Waals surface area (Å²) in [4.78, 5) is 21.6. The summed E-state index contributed by atoms with van der Waals surface area (Å²) in [7, 11) is 1.57. The lowest BCUT2D eigenvalue weighted by atomic mass is 9.99. The van der Waals surface area contributed by atoms with Crippen molar-refractivity contribution in [2.45, 2.75) is 33.8 Å². The first kappa shape index (κ1) is 18.0. The van der Waals surface area contributed by atoms with E-state index in [0.29, 0.717) is 36.9 Å². The number of nitrogens with one attached hydrogen (secondary N) is 1. The maximum atomic E-state index is 12.8. The molecule has 1 amide bonds. The van der Waals surface area contributed by atoms with Gasteiger partial charge >= 0.3 is 0 Å². The van der Waals surface area contributed by atoms with Gasteiger partial charge in [0.1, 0.15) is 6.61 Å². The third kappa shape index (κ3) is 3.72. The van der Waals surface area contributed by atoms with E-state index in [9.17, 15) is 4.79 Å². The lowest BCUT2D eigenvalue weighted by Crippen LogP contribution is -2.27. The average molecular weight is 354 g/mol. The van der Waals surface area contributed by atoms with E-state index in [-0.39, 0.29) is 5.91 Å². The Labute approximate surface area is 151 Å². The van der Waals surface area contributed by atoms with Gasteiger partial charge in [0, 0.05) is 31.2 Å². The fourth-order valence-electron chi connectivity index (χ4n) is 2.84. The smallest absolute Gasteiger partial charge is 0.252 e. The van der Waals surface area contributed by atoms with Crippen molar-refractivity contribution in [3.05, 3.63) is 52.3 Å². The van der Waals surface area contributed by atoms with Gasteiger partial charge in [-0.1, -0.05) is 16.8 Å². The second kappa shape index (κ2) is 7.61. The van der Waals surface area contributed by atoms with E-state index in [1.54, 1.807) is 7.11 Å². The molecule has 1 N–H and O–H groups in total. The highest BCUT2D eigenvalue weighted by Crippen LogP contribution is 2.24. The van der Waals surface area contributed by atoms with E-state index in [4.69, 9.17) is 9.26 Å². The molecule has 2 heterocycles. The Morgan fingerprint density at radius 1 is 1.23 bits per heavy atom. The van der Waals surface area contributed by atoms with Gasteiger partial charge in [-0.25, -0.2) is 0 Å². The van der Waals surface area contributed by atoms with E-state index >= 15 is 0 Å². The number of fused-ring (bicyclic) bond motifs is 1. The van der Waals surface area contributed by atoms with Gasteiger partial charge in [-0.3, -0.25) is 9.78 Å². The second-order valence-electron chi connectivity index (χ2n) is 6.26. The number of hydrogen-bond acceptors (Lipinski definition) is 6. The molecule has 0 radical (unpaired) electrons. The van der Waals surface area contributed by atoms with Crippen molar-refractivity contribution in [1.82, 2.24) is 20.4 Å². The Balaban J connectivity index is 1.76. The Hall–Kier alpha value is -2.80. The quantitative estimate of drug-likeness (QED) is 0.732. The Morgan fingerprint density at radius 2 is 2.04 bits per heavy atom. The van der Waals surface area contributed by atoms with E-state index in [2.05, 4.69) is 20.4 Å². The third-order valence-electron chi connectivity index (χ3n) is 4.26. The van der Waals surface area contributed by atoms with Crippen LogP contribution in [0.25, 0.3) is 10.9 Å². The molecule has 3 aromatic rings. The normalized spacial score (nSPS) is 11.1. The average Bonchev–Trinajstić information content (AvgIpc) is 3.04. The van der Waals surface area contributed by atoms with E-state index in [1.807, 2.05) is 39.0 Å². The number of nitrogens with zero attached hydrogens (tertiary/aromatic N) is 3. The van der Waals surface area contributed by atoms with Crippen LogP contribution in [0.3, 0.4) is 0 Å². The summed E-state index contributed by atoms with van der Waals surface area (Å²) in [6, 6.07) is 5.95. The summed E-state index contributed by atoms with van der Waals surface area (Å²) in [5.41, 5.74) is 4.33. The summed E-state index contributed by atoms with van der Waals surface area (Å²) < 4.78 is 10.1. The molecule has 26 heavy (non-hydrogen) atoms. The second-order valence-corrected chi connectivity index (χ2v) is 6.26. The van der Waals surface area contributed by atoms with Crippen LogP contribution in [0.4, 0.5) is 0 Å². The van der Waals surface area contributed by atoms with Crippen LogP contribution in [0.5, 0.6) is 0 Å². The highest BCUT2D eigenvalue weighted by Gasteiger charge is 2.17. The molecule has 136 valence electrons. The predicted molar refractivity (Wildman–Crippen MR) is 97.0 cm³/mol. The summed E-state index contributed by atoms with van der Waals surface area (Å²) in [5, 5.41) is 7.62. The molecule has 0 aliphatic heterocycles. The van der Waals surface area contributed by atoms with Crippen LogP contribution in [0.2, 0.25) is 0 Å². The predicted octanol–water partition coefficient (Wildman–Crippen LogP) is 2.66. The van der Waals surface area contributed by atoms with Crippen molar-refractivity contribution in [3.63, 3.8) is 0 Å². The molecule has 0 atom stereocenters. The van der Waals surface area contributed by atoms with Crippen LogP contribution >= 0.6 is 0 Å². The molecule has 3 rings (SSSR count). The minimum Gasteiger partial charge on any atom is -0.377 e. The topological polar surface area (TPSA) is 90.1 Å². The van der Waals surface area contributed by atoms with Gasteiger partial charge in [0.25, 0.3) is 5.91 Å². The van der Waals surface area contributed by atoms with Gasteiger partial charge in [0.05, 0.1) is 11.1 Å². The van der Waals surface area contributed by atoms with Gasteiger partial charge in [-0.05, 0) is 38.5 Å². The first-order valence-corrected chi connectivity index (χ1v) is 8.45. The Bertz CT molecular complexity index is 949. The number of aryl methyl sites for hydroxylation is 2. The van der Waals surface area contributed by atoms with Crippen LogP contribution in [0.15, 0.2) is 22.7 Å². The summed E-state index contributed by atoms with van der Waals surface area (Å²) in [5.74, 6) is 0.844. The zero-order valence-corrected chi connectivity index (χ0v) is 15.4. The van der Waals surface area contributed by atoms with Gasteiger partial charge in [0.2, 0.25) is 5.89 Å². The summed E-state index contributed by atoms with van der Waals surface area (Å²) in [6.45, 7) is 6.55. The largest absolute Gasteiger partial charge is 0.377 e.